The van der Waals surface area contributed by atoms with Gasteiger partial charge in [0.1, 0.15) is 11.4 Å². The predicted octanol–water partition coefficient (Wildman–Crippen LogP) is 3.40. The summed E-state index contributed by atoms with van der Waals surface area (Å²) in [6, 6.07) is 11.9. The van der Waals surface area contributed by atoms with Crippen molar-refractivity contribution in [3.05, 3.63) is 64.2 Å². The molecule has 2 aromatic carbocycles. The summed E-state index contributed by atoms with van der Waals surface area (Å²) in [5, 5.41) is 10.4. The van der Waals surface area contributed by atoms with Gasteiger partial charge in [-0.3, -0.25) is 9.59 Å². The summed E-state index contributed by atoms with van der Waals surface area (Å²) >= 11 is 5.58. The van der Waals surface area contributed by atoms with Gasteiger partial charge >= 0.3 is 0 Å². The number of Topliss-reactive ketones (excluding diaryl/α,β-unsaturated/α-hetero) is 1. The zero-order chi connectivity index (χ0) is 19.5. The molecule has 6 heteroatoms. The Balaban J connectivity index is 0.000000209. The van der Waals surface area contributed by atoms with Gasteiger partial charge in [-0.25, -0.2) is 0 Å². The van der Waals surface area contributed by atoms with E-state index >= 15 is 0 Å². The summed E-state index contributed by atoms with van der Waals surface area (Å²) in [6.45, 7) is 5.25. The van der Waals surface area contributed by atoms with Crippen LogP contribution in [0.25, 0.3) is 0 Å². The quantitative estimate of drug-likeness (QED) is 0.787. The molecule has 1 aliphatic heterocycles. The molecule has 1 heterocycles. The van der Waals surface area contributed by atoms with Crippen molar-refractivity contribution < 1.29 is 19.4 Å². The van der Waals surface area contributed by atoms with Crippen molar-refractivity contribution in [1.29, 1.82) is 0 Å². The highest BCUT2D eigenvalue weighted by Crippen LogP contribution is 2.33. The first-order chi connectivity index (χ1) is 12.1. The molecular weight excluding hydrogens is 354 g/mol. The maximum absolute atomic E-state index is 11.2. The normalized spacial score (nSPS) is 17.2. The van der Waals surface area contributed by atoms with Crippen LogP contribution >= 0.6 is 11.6 Å². The Morgan fingerprint density at radius 1 is 1.19 bits per heavy atom. The van der Waals surface area contributed by atoms with Gasteiger partial charge in [-0.1, -0.05) is 17.7 Å². The zero-order valence-electron chi connectivity index (χ0n) is 15.0. The van der Waals surface area contributed by atoms with Gasteiger partial charge in [0.15, 0.2) is 5.78 Å². The van der Waals surface area contributed by atoms with E-state index in [-0.39, 0.29) is 5.78 Å². The summed E-state index contributed by atoms with van der Waals surface area (Å²) in [5.41, 5.74) is 6.42. The minimum Gasteiger partial charge on any atom is -0.485 e. The van der Waals surface area contributed by atoms with Crippen molar-refractivity contribution in [2.75, 3.05) is 0 Å². The molecule has 0 radical (unpaired) electrons. The zero-order valence-corrected chi connectivity index (χ0v) is 15.7. The van der Waals surface area contributed by atoms with Gasteiger partial charge in [0.2, 0.25) is 5.91 Å². The van der Waals surface area contributed by atoms with Crippen molar-refractivity contribution in [2.45, 2.75) is 38.9 Å². The number of hydrogen-bond acceptors (Lipinski definition) is 4. The van der Waals surface area contributed by atoms with Gasteiger partial charge in [-0.15, -0.1) is 0 Å². The van der Waals surface area contributed by atoms with E-state index in [2.05, 4.69) is 0 Å². The molecule has 5 nitrogen and oxygen atoms in total. The Hall–Kier alpha value is -2.37. The fourth-order valence-electron chi connectivity index (χ4n) is 2.50. The highest BCUT2D eigenvalue weighted by Gasteiger charge is 2.35. The third kappa shape index (κ3) is 4.84. The van der Waals surface area contributed by atoms with Gasteiger partial charge in [-0.05, 0) is 62.7 Å². The largest absolute Gasteiger partial charge is 0.485 e. The fraction of sp³-hybridized carbons (Fsp3) is 0.300. The van der Waals surface area contributed by atoms with E-state index in [1.165, 1.54) is 13.0 Å². The number of benzene rings is 2. The number of aliphatic hydroxyl groups is 1. The second-order valence-electron chi connectivity index (χ2n) is 6.68. The number of hydrogen-bond donors (Lipinski definition) is 2. The summed E-state index contributed by atoms with van der Waals surface area (Å²) in [5.74, 6) is 0.338. The smallest absolute Gasteiger partial charge is 0.248 e. The number of ether oxygens (including phenoxy) is 1. The molecule has 0 aromatic heterocycles. The second-order valence-corrected chi connectivity index (χ2v) is 7.12. The highest BCUT2D eigenvalue weighted by atomic mass is 35.5. The Kier molecular flexibility index (Phi) is 6.05. The summed E-state index contributed by atoms with van der Waals surface area (Å²) in [4.78, 5) is 21.8. The van der Waals surface area contributed by atoms with E-state index in [0.29, 0.717) is 22.6 Å². The molecule has 2 aromatic rings. The van der Waals surface area contributed by atoms with Gasteiger partial charge in [0, 0.05) is 22.6 Å². The average Bonchev–Trinajstić information content (AvgIpc) is 2.55. The van der Waals surface area contributed by atoms with E-state index in [9.17, 15) is 14.7 Å². The number of carbonyl (C=O) groups is 2. The molecule has 26 heavy (non-hydrogen) atoms. The Morgan fingerprint density at radius 2 is 1.88 bits per heavy atom. The van der Waals surface area contributed by atoms with Gasteiger partial charge in [0.25, 0.3) is 0 Å². The number of carbonyl (C=O) groups excluding carboxylic acids is 2. The van der Waals surface area contributed by atoms with Gasteiger partial charge in [0.05, 0.1) is 6.10 Å². The lowest BCUT2D eigenvalue weighted by Gasteiger charge is -2.37. The number of primary amides is 1. The van der Waals surface area contributed by atoms with Crippen LogP contribution in [-0.4, -0.2) is 28.5 Å². The molecule has 0 fully saturated rings. The van der Waals surface area contributed by atoms with Crippen molar-refractivity contribution in [3.8, 4) is 5.75 Å². The molecular formula is C20H22ClNO4. The number of rotatable bonds is 2. The van der Waals surface area contributed by atoms with E-state index in [0.717, 1.165) is 11.3 Å². The summed E-state index contributed by atoms with van der Waals surface area (Å²) in [7, 11) is 0. The van der Waals surface area contributed by atoms with E-state index in [1.54, 1.807) is 36.4 Å². The molecule has 0 aliphatic carbocycles. The molecule has 3 N–H and O–H groups in total. The van der Waals surface area contributed by atoms with Crippen molar-refractivity contribution in [3.63, 3.8) is 0 Å². The predicted molar refractivity (Wildman–Crippen MR) is 101 cm³/mol. The maximum Gasteiger partial charge on any atom is 0.248 e. The molecule has 0 spiro atoms. The molecule has 3 rings (SSSR count). The van der Waals surface area contributed by atoms with E-state index in [1.807, 2.05) is 13.8 Å². The average molecular weight is 376 g/mol. The standard InChI is InChI=1S/C13H16O3.C7H6ClNO/c1-8(14)9-4-5-11-10(6-9)7-12(15)13(2,3)16-11;8-6-3-1-2-5(4-6)7(9)10/h4-6,12,15H,7H2,1-3H3;1-4H,(H2,9,10). The maximum atomic E-state index is 11.2. The number of aliphatic hydroxyl groups excluding tert-OH is 1. The molecule has 1 unspecified atom stereocenters. The van der Waals surface area contributed by atoms with Gasteiger partial charge < -0.3 is 15.6 Å². The first kappa shape index (κ1) is 19.9. The molecule has 1 atom stereocenters. The Morgan fingerprint density at radius 3 is 2.42 bits per heavy atom. The second kappa shape index (κ2) is 7.89. The molecule has 0 bridgehead atoms. The lowest BCUT2D eigenvalue weighted by atomic mass is 9.90. The molecule has 1 amide bonds. The van der Waals surface area contributed by atoms with Crippen molar-refractivity contribution in [2.24, 2.45) is 5.73 Å². The first-order valence-corrected chi connectivity index (χ1v) is 8.54. The molecule has 1 aliphatic rings. The van der Waals surface area contributed by atoms with Crippen LogP contribution in [0.2, 0.25) is 5.02 Å². The van der Waals surface area contributed by atoms with Crippen LogP contribution in [0.15, 0.2) is 42.5 Å². The van der Waals surface area contributed by atoms with Crippen LogP contribution in [0, 0.1) is 0 Å². The van der Waals surface area contributed by atoms with Crippen LogP contribution in [0.3, 0.4) is 0 Å². The number of ketones is 1. The third-order valence-corrected chi connectivity index (χ3v) is 4.40. The van der Waals surface area contributed by atoms with Crippen molar-refractivity contribution >= 4 is 23.3 Å². The first-order valence-electron chi connectivity index (χ1n) is 8.16. The van der Waals surface area contributed by atoms with Crippen LogP contribution in [0.1, 0.15) is 47.1 Å². The monoisotopic (exact) mass is 375 g/mol. The Labute approximate surface area is 157 Å². The number of halogens is 1. The minimum atomic E-state index is -0.565. The number of fused-ring (bicyclic) bond motifs is 1. The molecule has 138 valence electrons. The van der Waals surface area contributed by atoms with Crippen LogP contribution < -0.4 is 10.5 Å². The lowest BCUT2D eigenvalue weighted by molar-refractivity contribution is -0.0411. The lowest BCUT2D eigenvalue weighted by Crippen LogP contribution is -2.46. The van der Waals surface area contributed by atoms with Crippen LogP contribution in [-0.2, 0) is 6.42 Å². The third-order valence-electron chi connectivity index (χ3n) is 4.16. The summed E-state index contributed by atoms with van der Waals surface area (Å²) < 4.78 is 5.70. The topological polar surface area (TPSA) is 89.6 Å². The minimum absolute atomic E-state index is 0.0297. The van der Waals surface area contributed by atoms with Crippen LogP contribution in [0.5, 0.6) is 5.75 Å². The Bertz CT molecular complexity index is 832. The summed E-state index contributed by atoms with van der Waals surface area (Å²) in [6.07, 6.45) is -0.00842. The number of nitrogens with two attached hydrogens (primary N) is 1. The van der Waals surface area contributed by atoms with Crippen LogP contribution in [0.4, 0.5) is 0 Å². The van der Waals surface area contributed by atoms with E-state index in [4.69, 9.17) is 22.1 Å². The fourth-order valence-corrected chi connectivity index (χ4v) is 2.70. The van der Waals surface area contributed by atoms with Crippen molar-refractivity contribution in [1.82, 2.24) is 0 Å². The SMILES string of the molecule is CC(=O)c1ccc2c(c1)CC(O)C(C)(C)O2.NC(=O)c1cccc(Cl)c1. The molecule has 0 saturated heterocycles. The molecule has 0 saturated carbocycles. The number of amides is 1. The van der Waals surface area contributed by atoms with Gasteiger partial charge in [-0.2, -0.15) is 0 Å². The van der Waals surface area contributed by atoms with E-state index < -0.39 is 17.6 Å². The highest BCUT2D eigenvalue weighted by molar-refractivity contribution is 6.30.